The zero-order valence-corrected chi connectivity index (χ0v) is 13.3. The Kier molecular flexibility index (Phi) is 6.15. The molecule has 0 spiro atoms. The number of likely N-dealkylation sites (tertiary alicyclic amines) is 1. The lowest BCUT2D eigenvalue weighted by Crippen LogP contribution is -2.48. The van der Waals surface area contributed by atoms with Crippen LogP contribution in [0.15, 0.2) is 0 Å². The zero-order valence-electron chi connectivity index (χ0n) is 13.3. The fourth-order valence-electron chi connectivity index (χ4n) is 4.02. The SMILES string of the molecule is CC(C)C1CCCCC1NCC(C)N1CCCCC1. The third kappa shape index (κ3) is 4.46. The van der Waals surface area contributed by atoms with Gasteiger partial charge in [-0.3, -0.25) is 4.90 Å². The van der Waals surface area contributed by atoms with Crippen LogP contribution in [0.25, 0.3) is 0 Å². The van der Waals surface area contributed by atoms with Crippen molar-refractivity contribution < 1.29 is 0 Å². The van der Waals surface area contributed by atoms with Gasteiger partial charge in [-0.15, -0.1) is 0 Å². The second-order valence-corrected chi connectivity index (χ2v) is 7.15. The first-order valence-corrected chi connectivity index (χ1v) is 8.66. The Morgan fingerprint density at radius 2 is 1.63 bits per heavy atom. The number of rotatable bonds is 5. The largest absolute Gasteiger partial charge is 0.312 e. The second kappa shape index (κ2) is 7.64. The lowest BCUT2D eigenvalue weighted by Gasteiger charge is -2.38. The van der Waals surface area contributed by atoms with E-state index in [1.807, 2.05) is 0 Å². The molecule has 0 radical (unpaired) electrons. The molecule has 1 saturated carbocycles. The summed E-state index contributed by atoms with van der Waals surface area (Å²) >= 11 is 0. The minimum absolute atomic E-state index is 0.718. The molecule has 0 aromatic heterocycles. The van der Waals surface area contributed by atoms with Gasteiger partial charge in [0.2, 0.25) is 0 Å². The monoisotopic (exact) mass is 266 g/mol. The predicted molar refractivity (Wildman–Crippen MR) is 83.5 cm³/mol. The Hall–Kier alpha value is -0.0800. The fourth-order valence-corrected chi connectivity index (χ4v) is 4.02. The van der Waals surface area contributed by atoms with Gasteiger partial charge in [0.1, 0.15) is 0 Å². The Morgan fingerprint density at radius 1 is 0.947 bits per heavy atom. The molecule has 2 aliphatic rings. The molecule has 3 atom stereocenters. The van der Waals surface area contributed by atoms with Gasteiger partial charge in [0.25, 0.3) is 0 Å². The lowest BCUT2D eigenvalue weighted by molar-refractivity contribution is 0.149. The van der Waals surface area contributed by atoms with Crippen LogP contribution in [0.1, 0.15) is 65.7 Å². The van der Waals surface area contributed by atoms with Gasteiger partial charge in [-0.2, -0.15) is 0 Å². The predicted octanol–water partition coefficient (Wildman–Crippen LogP) is 3.67. The zero-order chi connectivity index (χ0) is 13.7. The summed E-state index contributed by atoms with van der Waals surface area (Å²) < 4.78 is 0. The average molecular weight is 266 g/mol. The third-order valence-corrected chi connectivity index (χ3v) is 5.37. The number of nitrogens with one attached hydrogen (secondary N) is 1. The summed E-state index contributed by atoms with van der Waals surface area (Å²) in [7, 11) is 0. The van der Waals surface area contributed by atoms with E-state index in [1.165, 1.54) is 64.6 Å². The lowest BCUT2D eigenvalue weighted by atomic mass is 9.78. The Morgan fingerprint density at radius 3 is 2.32 bits per heavy atom. The quantitative estimate of drug-likeness (QED) is 0.817. The summed E-state index contributed by atoms with van der Waals surface area (Å²) in [5.41, 5.74) is 0. The van der Waals surface area contributed by atoms with Crippen molar-refractivity contribution >= 4 is 0 Å². The summed E-state index contributed by atoms with van der Waals surface area (Å²) in [5, 5.41) is 3.91. The van der Waals surface area contributed by atoms with Gasteiger partial charge in [-0.1, -0.05) is 33.1 Å². The molecule has 112 valence electrons. The van der Waals surface area contributed by atoms with Gasteiger partial charge in [-0.25, -0.2) is 0 Å². The van der Waals surface area contributed by atoms with Crippen LogP contribution < -0.4 is 5.32 Å². The van der Waals surface area contributed by atoms with Gasteiger partial charge in [0.05, 0.1) is 0 Å². The van der Waals surface area contributed by atoms with E-state index in [2.05, 4.69) is 31.0 Å². The highest BCUT2D eigenvalue weighted by Crippen LogP contribution is 2.30. The normalized spacial score (nSPS) is 31.6. The summed E-state index contributed by atoms with van der Waals surface area (Å²) in [4.78, 5) is 2.68. The molecule has 3 unspecified atom stereocenters. The fraction of sp³-hybridized carbons (Fsp3) is 1.00. The van der Waals surface area contributed by atoms with E-state index in [9.17, 15) is 0 Å². The van der Waals surface area contributed by atoms with E-state index >= 15 is 0 Å². The van der Waals surface area contributed by atoms with Crippen molar-refractivity contribution in [3.63, 3.8) is 0 Å². The molecule has 0 aromatic carbocycles. The third-order valence-electron chi connectivity index (χ3n) is 5.37. The maximum absolute atomic E-state index is 3.91. The van der Waals surface area contributed by atoms with E-state index < -0.39 is 0 Å². The van der Waals surface area contributed by atoms with Gasteiger partial charge in [0.15, 0.2) is 0 Å². The number of hydrogen-bond acceptors (Lipinski definition) is 2. The van der Waals surface area contributed by atoms with Gasteiger partial charge < -0.3 is 5.32 Å². The van der Waals surface area contributed by atoms with E-state index in [4.69, 9.17) is 0 Å². The maximum atomic E-state index is 3.91. The van der Waals surface area contributed by atoms with E-state index in [1.54, 1.807) is 0 Å². The van der Waals surface area contributed by atoms with Crippen LogP contribution in [0.5, 0.6) is 0 Å². The first-order chi connectivity index (χ1) is 9.18. The van der Waals surface area contributed by atoms with Crippen LogP contribution >= 0.6 is 0 Å². The molecule has 1 heterocycles. The highest BCUT2D eigenvalue weighted by atomic mass is 15.2. The van der Waals surface area contributed by atoms with Crippen LogP contribution in [-0.4, -0.2) is 36.6 Å². The molecule has 0 aromatic rings. The molecule has 1 N–H and O–H groups in total. The summed E-state index contributed by atoms with van der Waals surface area (Å²) in [6.45, 7) is 11.0. The first kappa shape index (κ1) is 15.3. The van der Waals surface area contributed by atoms with Crippen molar-refractivity contribution in [1.82, 2.24) is 10.2 Å². The van der Waals surface area contributed by atoms with E-state index in [0.717, 1.165) is 23.9 Å². The molecule has 1 aliphatic heterocycles. The van der Waals surface area contributed by atoms with Gasteiger partial charge >= 0.3 is 0 Å². The van der Waals surface area contributed by atoms with Gasteiger partial charge in [0, 0.05) is 18.6 Å². The van der Waals surface area contributed by atoms with Crippen LogP contribution in [0.4, 0.5) is 0 Å². The minimum atomic E-state index is 0.718. The van der Waals surface area contributed by atoms with Crippen molar-refractivity contribution in [2.24, 2.45) is 11.8 Å². The Bertz CT molecular complexity index is 246. The highest BCUT2D eigenvalue weighted by Gasteiger charge is 2.27. The number of piperidine rings is 1. The smallest absolute Gasteiger partial charge is 0.0192 e. The van der Waals surface area contributed by atoms with Crippen molar-refractivity contribution in [2.45, 2.75) is 77.8 Å². The summed E-state index contributed by atoms with van der Waals surface area (Å²) in [5.74, 6) is 1.74. The molecule has 2 heteroatoms. The van der Waals surface area contributed by atoms with Crippen LogP contribution in [0, 0.1) is 11.8 Å². The molecule has 2 nitrogen and oxygen atoms in total. The molecule has 0 bridgehead atoms. The van der Waals surface area contributed by atoms with Crippen molar-refractivity contribution in [3.05, 3.63) is 0 Å². The topological polar surface area (TPSA) is 15.3 Å². The number of hydrogen-bond donors (Lipinski definition) is 1. The van der Waals surface area contributed by atoms with Crippen LogP contribution in [0.2, 0.25) is 0 Å². The number of nitrogens with zero attached hydrogens (tertiary/aromatic N) is 1. The average Bonchev–Trinajstić information content (AvgIpc) is 2.46. The molecule has 2 rings (SSSR count). The van der Waals surface area contributed by atoms with E-state index in [-0.39, 0.29) is 0 Å². The molecule has 1 saturated heterocycles. The van der Waals surface area contributed by atoms with Crippen molar-refractivity contribution in [2.75, 3.05) is 19.6 Å². The van der Waals surface area contributed by atoms with Crippen LogP contribution in [-0.2, 0) is 0 Å². The first-order valence-electron chi connectivity index (χ1n) is 8.66. The molecule has 2 fully saturated rings. The maximum Gasteiger partial charge on any atom is 0.0192 e. The van der Waals surface area contributed by atoms with Crippen molar-refractivity contribution in [3.8, 4) is 0 Å². The molecule has 19 heavy (non-hydrogen) atoms. The standard InChI is InChI=1S/C17H34N2/c1-14(2)16-9-5-6-10-17(16)18-13-15(3)19-11-7-4-8-12-19/h14-18H,4-13H2,1-3H3. The van der Waals surface area contributed by atoms with Crippen molar-refractivity contribution in [1.29, 1.82) is 0 Å². The molecular formula is C17H34N2. The van der Waals surface area contributed by atoms with Gasteiger partial charge in [-0.05, 0) is 57.5 Å². The summed E-state index contributed by atoms with van der Waals surface area (Å²) in [6.07, 6.45) is 9.96. The highest BCUT2D eigenvalue weighted by molar-refractivity contribution is 4.84. The Labute approximate surface area is 120 Å². The van der Waals surface area contributed by atoms with Crippen LogP contribution in [0.3, 0.4) is 0 Å². The summed E-state index contributed by atoms with van der Waals surface area (Å²) in [6, 6.07) is 1.50. The molecule has 1 aliphatic carbocycles. The minimum Gasteiger partial charge on any atom is -0.312 e. The molecular weight excluding hydrogens is 232 g/mol. The van der Waals surface area contributed by atoms with E-state index in [0.29, 0.717) is 0 Å². The Balaban J connectivity index is 1.76. The second-order valence-electron chi connectivity index (χ2n) is 7.15. The molecule has 0 amide bonds.